The topological polar surface area (TPSA) is 56.8 Å². The minimum atomic E-state index is -0.474. The zero-order chi connectivity index (χ0) is 24.2. The van der Waals surface area contributed by atoms with E-state index in [0.717, 1.165) is 61.6 Å². The van der Waals surface area contributed by atoms with Crippen LogP contribution >= 0.6 is 0 Å². The molecule has 5 nitrogen and oxygen atoms in total. The minimum absolute atomic E-state index is 0.0630. The van der Waals surface area contributed by atoms with Gasteiger partial charge in [-0.2, -0.15) is 0 Å². The van der Waals surface area contributed by atoms with Crippen molar-refractivity contribution in [2.75, 3.05) is 25.3 Å². The van der Waals surface area contributed by atoms with Crippen molar-refractivity contribution in [2.24, 2.45) is 11.3 Å². The number of ether oxygens (including phenoxy) is 3. The van der Waals surface area contributed by atoms with E-state index in [1.807, 2.05) is 18.2 Å². The van der Waals surface area contributed by atoms with Crippen LogP contribution < -0.4 is 14.8 Å². The molecule has 6 rings (SSSR count). The van der Waals surface area contributed by atoms with Crippen molar-refractivity contribution in [3.63, 3.8) is 0 Å². The number of amides is 1. The van der Waals surface area contributed by atoms with Crippen LogP contribution in [0.2, 0.25) is 0 Å². The second kappa shape index (κ2) is 8.41. The predicted molar refractivity (Wildman–Crippen MR) is 137 cm³/mol. The van der Waals surface area contributed by atoms with Crippen molar-refractivity contribution in [2.45, 2.75) is 64.2 Å². The van der Waals surface area contributed by atoms with Gasteiger partial charge in [-0.05, 0) is 84.4 Å². The molecule has 1 atom stereocenters. The van der Waals surface area contributed by atoms with Gasteiger partial charge in [-0.1, -0.05) is 44.6 Å². The number of hydrogen-bond acceptors (Lipinski definition) is 4. The van der Waals surface area contributed by atoms with Gasteiger partial charge in [-0.25, -0.2) is 0 Å². The summed E-state index contributed by atoms with van der Waals surface area (Å²) in [5, 5.41) is 3.23. The Bertz CT molecular complexity index is 1180. The van der Waals surface area contributed by atoms with Gasteiger partial charge < -0.3 is 19.5 Å². The number of benzene rings is 2. The maximum atomic E-state index is 13.4. The standard InChI is InChI=1S/C30H35NO4/c1-29(2,3)25-16-20-15-22(5-6-23(20)24(25)14-19-8-12-33-13-9-19)31-28(32)30(10-11-30)21-4-7-26-27(17-21)35-18-34-26/h4-7,15-17,19,24H,8-14,18H2,1-3H3,(H,31,32). The minimum Gasteiger partial charge on any atom is -0.454 e. The maximum absolute atomic E-state index is 13.4. The molecule has 1 saturated heterocycles. The van der Waals surface area contributed by atoms with Crippen molar-refractivity contribution < 1.29 is 19.0 Å². The first-order valence-electron chi connectivity index (χ1n) is 13.0. The van der Waals surface area contributed by atoms with Crippen LogP contribution in [0.3, 0.4) is 0 Å². The van der Waals surface area contributed by atoms with Crippen molar-refractivity contribution >= 4 is 17.7 Å². The number of fused-ring (bicyclic) bond motifs is 2. The molecule has 1 N–H and O–H groups in total. The monoisotopic (exact) mass is 473 g/mol. The second-order valence-corrected chi connectivity index (χ2v) is 11.6. The lowest BCUT2D eigenvalue weighted by molar-refractivity contribution is -0.118. The lowest BCUT2D eigenvalue weighted by atomic mass is 9.74. The number of hydrogen-bond donors (Lipinski definition) is 1. The van der Waals surface area contributed by atoms with Gasteiger partial charge in [0.2, 0.25) is 12.7 Å². The van der Waals surface area contributed by atoms with Crippen LogP contribution in [0.4, 0.5) is 5.69 Å². The zero-order valence-corrected chi connectivity index (χ0v) is 21.0. The maximum Gasteiger partial charge on any atom is 0.235 e. The number of carbonyl (C=O) groups is 1. The lowest BCUT2D eigenvalue weighted by Crippen LogP contribution is -2.27. The first-order valence-corrected chi connectivity index (χ1v) is 13.0. The summed E-state index contributed by atoms with van der Waals surface area (Å²) >= 11 is 0. The Morgan fingerprint density at radius 1 is 1.03 bits per heavy atom. The van der Waals surface area contributed by atoms with Gasteiger partial charge in [-0.3, -0.25) is 4.79 Å². The molecule has 184 valence electrons. The van der Waals surface area contributed by atoms with Gasteiger partial charge in [-0.15, -0.1) is 0 Å². The van der Waals surface area contributed by atoms with Gasteiger partial charge in [0.1, 0.15) is 0 Å². The third kappa shape index (κ3) is 4.14. The molecular weight excluding hydrogens is 438 g/mol. The molecule has 2 aromatic rings. The van der Waals surface area contributed by atoms with Crippen LogP contribution in [0, 0.1) is 11.3 Å². The van der Waals surface area contributed by atoms with Crippen LogP contribution in [0.1, 0.15) is 75.5 Å². The normalized spacial score (nSPS) is 22.5. The third-order valence-electron chi connectivity index (χ3n) is 8.29. The molecule has 2 aliphatic carbocycles. The highest BCUT2D eigenvalue weighted by atomic mass is 16.7. The number of rotatable bonds is 5. The SMILES string of the molecule is CC(C)(C)C1=Cc2cc(NC(=O)C3(c4ccc5c(c4)OCO5)CC3)ccc2C1CC1CCOCC1. The van der Waals surface area contributed by atoms with E-state index in [9.17, 15) is 4.79 Å². The molecule has 35 heavy (non-hydrogen) atoms. The Labute approximate surface area is 207 Å². The van der Waals surface area contributed by atoms with Gasteiger partial charge in [0.05, 0.1) is 5.41 Å². The van der Waals surface area contributed by atoms with Crippen molar-refractivity contribution in [1.82, 2.24) is 0 Å². The fraction of sp³-hybridized carbons (Fsp3) is 0.500. The van der Waals surface area contributed by atoms with Crippen LogP contribution in [0.15, 0.2) is 42.0 Å². The van der Waals surface area contributed by atoms with Crippen LogP contribution in [0.5, 0.6) is 11.5 Å². The summed E-state index contributed by atoms with van der Waals surface area (Å²) < 4.78 is 16.6. The van der Waals surface area contributed by atoms with E-state index in [2.05, 4.69) is 50.4 Å². The van der Waals surface area contributed by atoms with Crippen molar-refractivity contribution in [3.8, 4) is 11.5 Å². The van der Waals surface area contributed by atoms with E-state index in [4.69, 9.17) is 14.2 Å². The summed E-state index contributed by atoms with van der Waals surface area (Å²) in [6, 6.07) is 12.4. The summed E-state index contributed by atoms with van der Waals surface area (Å²) in [5.41, 5.74) is 5.66. The molecule has 2 heterocycles. The predicted octanol–water partition coefficient (Wildman–Crippen LogP) is 6.43. The average Bonchev–Trinajstić information content (AvgIpc) is 3.38. The first kappa shape index (κ1) is 22.7. The molecule has 2 aromatic carbocycles. The van der Waals surface area contributed by atoms with Crippen LogP contribution in [-0.2, 0) is 14.9 Å². The molecule has 0 aromatic heterocycles. The van der Waals surface area contributed by atoms with E-state index in [1.165, 1.54) is 23.1 Å². The van der Waals surface area contributed by atoms with Crippen molar-refractivity contribution in [3.05, 3.63) is 58.7 Å². The summed E-state index contributed by atoms with van der Waals surface area (Å²) in [6.07, 6.45) is 7.56. The van der Waals surface area contributed by atoms with Gasteiger partial charge >= 0.3 is 0 Å². The average molecular weight is 474 g/mol. The van der Waals surface area contributed by atoms with E-state index < -0.39 is 5.41 Å². The fourth-order valence-corrected chi connectivity index (χ4v) is 6.06. The smallest absolute Gasteiger partial charge is 0.235 e. The molecule has 1 unspecified atom stereocenters. The molecule has 0 bridgehead atoms. The summed E-state index contributed by atoms with van der Waals surface area (Å²) in [7, 11) is 0. The Balaban J connectivity index is 1.23. The van der Waals surface area contributed by atoms with E-state index in [1.54, 1.807) is 0 Å². The highest BCUT2D eigenvalue weighted by Gasteiger charge is 2.51. The molecule has 5 heteroatoms. The highest BCUT2D eigenvalue weighted by molar-refractivity contribution is 6.01. The summed E-state index contributed by atoms with van der Waals surface area (Å²) in [5.74, 6) is 2.70. The molecule has 0 radical (unpaired) electrons. The molecule has 2 fully saturated rings. The molecule has 4 aliphatic rings. The molecule has 0 spiro atoms. The van der Waals surface area contributed by atoms with Gasteiger partial charge in [0.25, 0.3) is 0 Å². The Morgan fingerprint density at radius 2 is 1.80 bits per heavy atom. The fourth-order valence-electron chi connectivity index (χ4n) is 6.06. The quantitative estimate of drug-likeness (QED) is 0.544. The highest BCUT2D eigenvalue weighted by Crippen LogP contribution is 2.52. The molecule has 2 aliphatic heterocycles. The third-order valence-corrected chi connectivity index (χ3v) is 8.29. The lowest BCUT2D eigenvalue weighted by Gasteiger charge is -2.31. The largest absolute Gasteiger partial charge is 0.454 e. The Kier molecular flexibility index (Phi) is 5.44. The molecular formula is C30H35NO4. The van der Waals surface area contributed by atoms with Crippen LogP contribution in [-0.4, -0.2) is 25.9 Å². The molecule has 1 saturated carbocycles. The second-order valence-electron chi connectivity index (χ2n) is 11.6. The number of carbonyl (C=O) groups excluding carboxylic acids is 1. The van der Waals surface area contributed by atoms with E-state index in [0.29, 0.717) is 11.8 Å². The first-order chi connectivity index (χ1) is 16.8. The number of nitrogens with one attached hydrogen (secondary N) is 1. The van der Waals surface area contributed by atoms with Gasteiger partial charge in [0, 0.05) is 24.8 Å². The molecule has 1 amide bonds. The Morgan fingerprint density at radius 3 is 2.54 bits per heavy atom. The van der Waals surface area contributed by atoms with E-state index in [-0.39, 0.29) is 18.1 Å². The number of anilines is 1. The number of allylic oxidation sites excluding steroid dienone is 1. The Hall–Kier alpha value is -2.79. The van der Waals surface area contributed by atoms with Crippen LogP contribution in [0.25, 0.3) is 6.08 Å². The summed E-state index contributed by atoms with van der Waals surface area (Å²) in [4.78, 5) is 13.4. The van der Waals surface area contributed by atoms with E-state index >= 15 is 0 Å². The zero-order valence-electron chi connectivity index (χ0n) is 21.0. The van der Waals surface area contributed by atoms with Gasteiger partial charge in [0.15, 0.2) is 11.5 Å². The van der Waals surface area contributed by atoms with Crippen molar-refractivity contribution in [1.29, 1.82) is 0 Å². The summed E-state index contributed by atoms with van der Waals surface area (Å²) in [6.45, 7) is 8.95.